The quantitative estimate of drug-likeness (QED) is 0.656. The van der Waals surface area contributed by atoms with E-state index in [1.807, 2.05) is 13.8 Å². The van der Waals surface area contributed by atoms with E-state index in [2.05, 4.69) is 10.3 Å². The number of allylic oxidation sites excluding steroid dienone is 1. The summed E-state index contributed by atoms with van der Waals surface area (Å²) in [5.74, 6) is -1.01. The first-order valence-electron chi connectivity index (χ1n) is 6.23. The zero-order valence-corrected chi connectivity index (χ0v) is 13.7. The summed E-state index contributed by atoms with van der Waals surface area (Å²) in [7, 11) is 0. The predicted octanol–water partition coefficient (Wildman–Crippen LogP) is 3.67. The van der Waals surface area contributed by atoms with Crippen molar-refractivity contribution in [3.8, 4) is 0 Å². The fourth-order valence-electron chi connectivity index (χ4n) is 2.18. The second kappa shape index (κ2) is 5.95. The molecule has 0 radical (unpaired) electrons. The molecule has 1 aliphatic carbocycles. The number of carbonyl (C=O) groups excluding carboxylic acids is 2. The lowest BCUT2D eigenvalue weighted by atomic mass is 9.96. The van der Waals surface area contributed by atoms with Gasteiger partial charge in [0.25, 0.3) is 5.91 Å². The highest BCUT2D eigenvalue weighted by atomic mass is 35.5. The lowest BCUT2D eigenvalue weighted by molar-refractivity contribution is -0.120. The highest BCUT2D eigenvalue weighted by Gasteiger charge is 2.39. The maximum Gasteiger partial charge on any atom is 0.260 e. The number of alkyl halides is 2. The molecule has 0 atom stereocenters. The van der Waals surface area contributed by atoms with Gasteiger partial charge in [-0.3, -0.25) is 14.6 Å². The van der Waals surface area contributed by atoms with E-state index >= 15 is 0 Å². The van der Waals surface area contributed by atoms with Gasteiger partial charge in [-0.25, -0.2) is 0 Å². The molecule has 0 unspecified atom stereocenters. The number of Topliss-reactive ketones (excluding diaryl/α,β-unsaturated/α-hetero) is 1. The third kappa shape index (κ3) is 3.57. The van der Waals surface area contributed by atoms with Crippen LogP contribution in [-0.4, -0.2) is 21.0 Å². The van der Waals surface area contributed by atoms with Crippen LogP contribution in [0.5, 0.6) is 0 Å². The molecule has 4 nitrogen and oxygen atoms in total. The summed E-state index contributed by atoms with van der Waals surface area (Å²) >= 11 is 17.9. The molecule has 0 aromatic carbocycles. The molecule has 1 heterocycles. The SMILES string of the molecule is Cc1cncc(C)c1NC(=O)C1=C(Cl)CC(Cl)(Cl)CC1=O. The van der Waals surface area contributed by atoms with Crippen LogP contribution in [0.2, 0.25) is 0 Å². The van der Waals surface area contributed by atoms with Gasteiger partial charge in [0.15, 0.2) is 5.78 Å². The van der Waals surface area contributed by atoms with Crippen LogP contribution < -0.4 is 5.32 Å². The summed E-state index contributed by atoms with van der Waals surface area (Å²) in [6.07, 6.45) is 3.19. The number of amides is 1. The molecule has 0 saturated heterocycles. The Labute approximate surface area is 137 Å². The van der Waals surface area contributed by atoms with Crippen molar-refractivity contribution in [3.05, 3.63) is 34.1 Å². The molecule has 112 valence electrons. The van der Waals surface area contributed by atoms with Crippen LogP contribution >= 0.6 is 34.8 Å². The van der Waals surface area contributed by atoms with Crippen LogP contribution in [0.25, 0.3) is 0 Å². The Balaban J connectivity index is 2.31. The molecule has 1 N–H and O–H groups in total. The molecule has 1 amide bonds. The molecule has 0 fully saturated rings. The van der Waals surface area contributed by atoms with Crippen LogP contribution in [0, 0.1) is 13.8 Å². The molecular weight excluding hydrogens is 335 g/mol. The number of carbonyl (C=O) groups is 2. The highest BCUT2D eigenvalue weighted by molar-refractivity contribution is 6.52. The number of rotatable bonds is 2. The molecule has 0 aliphatic heterocycles. The molecule has 1 aromatic rings. The van der Waals surface area contributed by atoms with E-state index in [0.717, 1.165) is 11.1 Å². The summed E-state index contributed by atoms with van der Waals surface area (Å²) < 4.78 is -1.25. The van der Waals surface area contributed by atoms with Gasteiger partial charge in [0, 0.05) is 36.0 Å². The minimum atomic E-state index is -1.25. The van der Waals surface area contributed by atoms with Gasteiger partial charge < -0.3 is 5.32 Å². The van der Waals surface area contributed by atoms with E-state index < -0.39 is 16.0 Å². The summed E-state index contributed by atoms with van der Waals surface area (Å²) in [6.45, 7) is 3.63. The van der Waals surface area contributed by atoms with E-state index in [1.165, 1.54) is 0 Å². The number of hydrogen-bond donors (Lipinski definition) is 1. The Morgan fingerprint density at radius 1 is 1.24 bits per heavy atom. The monoisotopic (exact) mass is 346 g/mol. The number of aryl methyl sites for hydroxylation is 2. The topological polar surface area (TPSA) is 59.1 Å². The summed E-state index contributed by atoms with van der Waals surface area (Å²) in [5.41, 5.74) is 2.14. The second-order valence-electron chi connectivity index (χ2n) is 5.01. The van der Waals surface area contributed by atoms with Crippen molar-refractivity contribution in [2.24, 2.45) is 0 Å². The van der Waals surface area contributed by atoms with E-state index in [0.29, 0.717) is 5.69 Å². The fourth-order valence-corrected chi connectivity index (χ4v) is 3.24. The average Bonchev–Trinajstić information content (AvgIpc) is 2.31. The Morgan fingerprint density at radius 3 is 2.33 bits per heavy atom. The van der Waals surface area contributed by atoms with Gasteiger partial charge in [-0.2, -0.15) is 0 Å². The van der Waals surface area contributed by atoms with Gasteiger partial charge in [-0.1, -0.05) is 11.6 Å². The van der Waals surface area contributed by atoms with Crippen molar-refractivity contribution >= 4 is 52.2 Å². The highest BCUT2D eigenvalue weighted by Crippen LogP contribution is 2.40. The molecule has 21 heavy (non-hydrogen) atoms. The molecule has 2 rings (SSSR count). The number of nitrogens with one attached hydrogen (secondary N) is 1. The molecular formula is C14H13Cl3N2O2. The normalized spacial score (nSPS) is 17.9. The molecule has 0 saturated carbocycles. The number of pyridine rings is 1. The zero-order chi connectivity index (χ0) is 15.8. The standard InChI is InChI=1S/C14H13Cl3N2O2/c1-7-5-18-6-8(2)12(7)19-13(21)11-9(15)3-14(16,17)4-10(11)20/h5-6H,3-4H2,1-2H3,(H,18,19,21). The first-order valence-corrected chi connectivity index (χ1v) is 7.37. The van der Waals surface area contributed by atoms with Gasteiger partial charge in [-0.15, -0.1) is 23.2 Å². The number of hydrogen-bond acceptors (Lipinski definition) is 3. The molecule has 1 aromatic heterocycles. The van der Waals surface area contributed by atoms with Crippen molar-refractivity contribution in [2.75, 3.05) is 5.32 Å². The van der Waals surface area contributed by atoms with E-state index in [9.17, 15) is 9.59 Å². The van der Waals surface area contributed by atoms with Gasteiger partial charge in [0.1, 0.15) is 4.33 Å². The van der Waals surface area contributed by atoms with Crippen molar-refractivity contribution in [1.29, 1.82) is 0 Å². The summed E-state index contributed by atoms with van der Waals surface area (Å²) in [4.78, 5) is 28.4. The summed E-state index contributed by atoms with van der Waals surface area (Å²) in [6, 6.07) is 0. The lowest BCUT2D eigenvalue weighted by Crippen LogP contribution is -2.31. The van der Waals surface area contributed by atoms with Crippen molar-refractivity contribution in [3.63, 3.8) is 0 Å². The number of ketones is 1. The number of aromatic nitrogens is 1. The zero-order valence-electron chi connectivity index (χ0n) is 11.5. The predicted molar refractivity (Wildman–Crippen MR) is 83.9 cm³/mol. The Morgan fingerprint density at radius 2 is 1.81 bits per heavy atom. The Bertz CT molecular complexity index is 633. The van der Waals surface area contributed by atoms with Crippen LogP contribution in [0.4, 0.5) is 5.69 Å². The minimum absolute atomic E-state index is 0.0699. The van der Waals surface area contributed by atoms with Crippen LogP contribution in [0.15, 0.2) is 23.0 Å². The fraction of sp³-hybridized carbons (Fsp3) is 0.357. The van der Waals surface area contributed by atoms with Gasteiger partial charge >= 0.3 is 0 Å². The van der Waals surface area contributed by atoms with Gasteiger partial charge in [0.2, 0.25) is 0 Å². The van der Waals surface area contributed by atoms with Gasteiger partial charge in [0.05, 0.1) is 5.57 Å². The number of anilines is 1. The molecule has 0 bridgehead atoms. The van der Waals surface area contributed by atoms with Crippen LogP contribution in [-0.2, 0) is 9.59 Å². The van der Waals surface area contributed by atoms with E-state index in [1.54, 1.807) is 12.4 Å². The second-order valence-corrected chi connectivity index (χ2v) is 7.11. The molecule has 1 aliphatic rings. The van der Waals surface area contributed by atoms with E-state index in [-0.39, 0.29) is 23.4 Å². The first-order chi connectivity index (χ1) is 9.71. The maximum absolute atomic E-state index is 12.3. The Hall–Kier alpha value is -1.10. The van der Waals surface area contributed by atoms with E-state index in [4.69, 9.17) is 34.8 Å². The lowest BCUT2D eigenvalue weighted by Gasteiger charge is -2.25. The largest absolute Gasteiger partial charge is 0.321 e. The molecule has 7 heteroatoms. The third-order valence-electron chi connectivity index (χ3n) is 3.17. The van der Waals surface area contributed by atoms with Crippen LogP contribution in [0.3, 0.4) is 0 Å². The van der Waals surface area contributed by atoms with Crippen molar-refractivity contribution in [2.45, 2.75) is 31.0 Å². The third-order valence-corrected chi connectivity index (χ3v) is 4.03. The smallest absolute Gasteiger partial charge is 0.260 e. The maximum atomic E-state index is 12.3. The van der Waals surface area contributed by atoms with Crippen LogP contribution in [0.1, 0.15) is 24.0 Å². The summed E-state index contributed by atoms with van der Waals surface area (Å²) in [5, 5.41) is 2.79. The van der Waals surface area contributed by atoms with Crippen molar-refractivity contribution < 1.29 is 9.59 Å². The minimum Gasteiger partial charge on any atom is -0.321 e. The molecule has 0 spiro atoms. The number of halogens is 3. The first kappa shape index (κ1) is 16.3. The van der Waals surface area contributed by atoms with Gasteiger partial charge in [-0.05, 0) is 25.0 Å². The number of nitrogens with zero attached hydrogens (tertiary/aromatic N) is 1. The Kier molecular flexibility index (Phi) is 4.61. The van der Waals surface area contributed by atoms with Crippen molar-refractivity contribution in [1.82, 2.24) is 4.98 Å². The average molecular weight is 348 g/mol.